The second-order valence-corrected chi connectivity index (χ2v) is 6.52. The molecule has 1 aromatic rings. The van der Waals surface area contributed by atoms with Crippen LogP contribution in [0.2, 0.25) is 0 Å². The van der Waals surface area contributed by atoms with Crippen molar-refractivity contribution in [2.45, 2.75) is 39.8 Å². The zero-order valence-corrected chi connectivity index (χ0v) is 14.0. The third kappa shape index (κ3) is 2.81. The highest BCUT2D eigenvalue weighted by Crippen LogP contribution is 2.31. The van der Waals surface area contributed by atoms with Crippen molar-refractivity contribution in [1.29, 1.82) is 0 Å². The van der Waals surface area contributed by atoms with Crippen molar-refractivity contribution in [2.75, 3.05) is 4.90 Å². The van der Waals surface area contributed by atoms with Crippen LogP contribution in [0.1, 0.15) is 26.3 Å². The zero-order valence-electron chi connectivity index (χ0n) is 12.4. The number of carbonyl (C=O) groups is 2. The highest BCUT2D eigenvalue weighted by atomic mass is 79.9. The molecule has 1 aliphatic rings. The molecular weight excluding hydrogens is 339 g/mol. The van der Waals surface area contributed by atoms with E-state index in [0.29, 0.717) is 11.3 Å². The Morgan fingerprint density at radius 2 is 1.95 bits per heavy atom. The van der Waals surface area contributed by atoms with Crippen molar-refractivity contribution in [3.05, 3.63) is 28.0 Å². The van der Waals surface area contributed by atoms with Gasteiger partial charge in [0.1, 0.15) is 17.9 Å². The largest absolute Gasteiger partial charge is 0.342 e. The number of aryl methyl sites for hydroxylation is 1. The standard InChI is InChI=1S/C15H18BrFN2O2/c1-7(2)13-15(21)19(9(4)14(20)18-13)12-6-10(16)11(17)5-8(12)3/h5-7,9,13H,1-4H3,(H,18,20). The summed E-state index contributed by atoms with van der Waals surface area (Å²) in [6, 6.07) is 1.73. The van der Waals surface area contributed by atoms with E-state index in [-0.39, 0.29) is 22.2 Å². The molecule has 0 bridgehead atoms. The molecule has 4 nitrogen and oxygen atoms in total. The van der Waals surface area contributed by atoms with Crippen LogP contribution < -0.4 is 10.2 Å². The summed E-state index contributed by atoms with van der Waals surface area (Å²) in [5, 5.41) is 2.74. The van der Waals surface area contributed by atoms with E-state index in [2.05, 4.69) is 21.2 Å². The molecule has 2 amide bonds. The summed E-state index contributed by atoms with van der Waals surface area (Å²) in [6.07, 6.45) is 0. The first-order valence-electron chi connectivity index (χ1n) is 6.83. The van der Waals surface area contributed by atoms with Gasteiger partial charge in [0.2, 0.25) is 5.91 Å². The molecule has 1 N–H and O–H groups in total. The molecule has 6 heteroatoms. The normalized spacial score (nSPS) is 22.7. The monoisotopic (exact) mass is 356 g/mol. The van der Waals surface area contributed by atoms with E-state index in [4.69, 9.17) is 0 Å². The number of carbonyl (C=O) groups excluding carboxylic acids is 2. The summed E-state index contributed by atoms with van der Waals surface area (Å²) >= 11 is 3.13. The van der Waals surface area contributed by atoms with Gasteiger partial charge >= 0.3 is 0 Å². The smallest absolute Gasteiger partial charge is 0.250 e. The molecule has 1 fully saturated rings. The van der Waals surface area contributed by atoms with Crippen molar-refractivity contribution >= 4 is 33.4 Å². The summed E-state index contributed by atoms with van der Waals surface area (Å²) in [6.45, 7) is 7.15. The molecule has 0 aromatic heterocycles. The van der Waals surface area contributed by atoms with E-state index in [1.54, 1.807) is 19.9 Å². The van der Waals surface area contributed by atoms with Gasteiger partial charge in [-0.05, 0) is 53.4 Å². The minimum absolute atomic E-state index is 0.0133. The number of hydrogen-bond donors (Lipinski definition) is 1. The quantitative estimate of drug-likeness (QED) is 0.885. The van der Waals surface area contributed by atoms with Crippen LogP contribution in [0.4, 0.5) is 10.1 Å². The number of hydrogen-bond acceptors (Lipinski definition) is 2. The third-order valence-electron chi connectivity index (χ3n) is 3.73. The van der Waals surface area contributed by atoms with Gasteiger partial charge in [-0.2, -0.15) is 0 Å². The van der Waals surface area contributed by atoms with Crippen LogP contribution in [0.15, 0.2) is 16.6 Å². The predicted octanol–water partition coefficient (Wildman–Crippen LogP) is 2.77. The lowest BCUT2D eigenvalue weighted by molar-refractivity contribution is -0.134. The van der Waals surface area contributed by atoms with Crippen molar-refractivity contribution < 1.29 is 14.0 Å². The van der Waals surface area contributed by atoms with Gasteiger partial charge in [0, 0.05) is 5.69 Å². The predicted molar refractivity (Wildman–Crippen MR) is 82.6 cm³/mol. The Balaban J connectivity index is 2.51. The summed E-state index contributed by atoms with van der Waals surface area (Å²) in [5.74, 6) is -0.772. The first kappa shape index (κ1) is 15.9. The van der Waals surface area contributed by atoms with E-state index in [9.17, 15) is 14.0 Å². The van der Waals surface area contributed by atoms with Crippen molar-refractivity contribution in [1.82, 2.24) is 5.32 Å². The number of benzene rings is 1. The van der Waals surface area contributed by atoms with E-state index < -0.39 is 17.9 Å². The molecular formula is C15H18BrFN2O2. The molecule has 1 aliphatic heterocycles. The van der Waals surface area contributed by atoms with Crippen LogP contribution in [0, 0.1) is 18.7 Å². The first-order chi connectivity index (χ1) is 9.73. The fourth-order valence-corrected chi connectivity index (χ4v) is 2.80. The maximum atomic E-state index is 13.6. The lowest BCUT2D eigenvalue weighted by atomic mass is 9.97. The van der Waals surface area contributed by atoms with Crippen molar-refractivity contribution in [3.8, 4) is 0 Å². The average Bonchev–Trinajstić information content (AvgIpc) is 2.39. The molecule has 2 unspecified atom stereocenters. The number of piperazine rings is 1. The SMILES string of the molecule is Cc1cc(F)c(Br)cc1N1C(=O)C(C(C)C)NC(=O)C1C. The average molecular weight is 357 g/mol. The molecule has 114 valence electrons. The van der Waals surface area contributed by atoms with Gasteiger partial charge in [-0.3, -0.25) is 14.5 Å². The topological polar surface area (TPSA) is 49.4 Å². The Hall–Kier alpha value is -1.43. The fourth-order valence-electron chi connectivity index (χ4n) is 2.47. The molecule has 0 saturated carbocycles. The number of nitrogens with zero attached hydrogens (tertiary/aromatic N) is 1. The molecule has 1 saturated heterocycles. The van der Waals surface area contributed by atoms with Crippen molar-refractivity contribution in [3.63, 3.8) is 0 Å². The second-order valence-electron chi connectivity index (χ2n) is 5.67. The first-order valence-corrected chi connectivity index (χ1v) is 7.62. The van der Waals surface area contributed by atoms with Crippen LogP contribution in [0.3, 0.4) is 0 Å². The maximum absolute atomic E-state index is 13.6. The Morgan fingerprint density at radius 1 is 1.33 bits per heavy atom. The van der Waals surface area contributed by atoms with Crippen LogP contribution in [-0.4, -0.2) is 23.9 Å². The van der Waals surface area contributed by atoms with Crippen LogP contribution in [0.5, 0.6) is 0 Å². The highest BCUT2D eigenvalue weighted by molar-refractivity contribution is 9.10. The van der Waals surface area contributed by atoms with Crippen LogP contribution >= 0.6 is 15.9 Å². The van der Waals surface area contributed by atoms with Gasteiger partial charge in [0.15, 0.2) is 0 Å². The van der Waals surface area contributed by atoms with Gasteiger partial charge in [-0.25, -0.2) is 4.39 Å². The lowest BCUT2D eigenvalue weighted by Gasteiger charge is -2.39. The zero-order chi connectivity index (χ0) is 15.9. The Kier molecular flexibility index (Phi) is 4.37. The van der Waals surface area contributed by atoms with E-state index in [0.717, 1.165) is 0 Å². The van der Waals surface area contributed by atoms with Gasteiger partial charge in [0.05, 0.1) is 4.47 Å². The number of nitrogens with one attached hydrogen (secondary N) is 1. The van der Waals surface area contributed by atoms with E-state index >= 15 is 0 Å². The Morgan fingerprint density at radius 3 is 2.52 bits per heavy atom. The van der Waals surface area contributed by atoms with Gasteiger partial charge in [0.25, 0.3) is 5.91 Å². The molecule has 0 spiro atoms. The molecule has 0 aliphatic carbocycles. The summed E-state index contributed by atoms with van der Waals surface area (Å²) in [5.41, 5.74) is 1.18. The van der Waals surface area contributed by atoms with Crippen molar-refractivity contribution in [2.24, 2.45) is 5.92 Å². The summed E-state index contributed by atoms with van der Waals surface area (Å²) in [7, 11) is 0. The lowest BCUT2D eigenvalue weighted by Crippen LogP contribution is -2.64. The number of amides is 2. The van der Waals surface area contributed by atoms with Gasteiger partial charge in [-0.15, -0.1) is 0 Å². The van der Waals surface area contributed by atoms with Gasteiger partial charge < -0.3 is 5.32 Å². The van der Waals surface area contributed by atoms with Crippen LogP contribution in [-0.2, 0) is 9.59 Å². The molecule has 2 atom stereocenters. The number of halogens is 2. The molecule has 0 radical (unpaired) electrons. The second kappa shape index (κ2) is 5.75. The Labute approximate surface area is 131 Å². The third-order valence-corrected chi connectivity index (χ3v) is 4.34. The summed E-state index contributed by atoms with van der Waals surface area (Å²) in [4.78, 5) is 26.2. The molecule has 1 heterocycles. The van der Waals surface area contributed by atoms with E-state index in [1.165, 1.54) is 11.0 Å². The molecule has 2 rings (SSSR count). The number of rotatable bonds is 2. The highest BCUT2D eigenvalue weighted by Gasteiger charge is 2.40. The van der Waals surface area contributed by atoms with Gasteiger partial charge in [-0.1, -0.05) is 13.8 Å². The van der Waals surface area contributed by atoms with Crippen LogP contribution in [0.25, 0.3) is 0 Å². The Bertz CT molecular complexity index is 604. The molecule has 21 heavy (non-hydrogen) atoms. The summed E-state index contributed by atoms with van der Waals surface area (Å²) < 4.78 is 13.8. The van der Waals surface area contributed by atoms with E-state index in [1.807, 2.05) is 13.8 Å². The maximum Gasteiger partial charge on any atom is 0.250 e. The number of anilines is 1. The fraction of sp³-hybridized carbons (Fsp3) is 0.467. The minimum atomic E-state index is -0.622. The molecule has 1 aromatic carbocycles. The minimum Gasteiger partial charge on any atom is -0.342 e.